The van der Waals surface area contributed by atoms with Crippen molar-refractivity contribution in [1.82, 2.24) is 0 Å². The molecule has 3 N–H and O–H groups in total. The first kappa shape index (κ1) is 73.4. The summed E-state index contributed by atoms with van der Waals surface area (Å²) in [6.07, 6.45) is 56.2. The van der Waals surface area contributed by atoms with Gasteiger partial charge in [-0.3, -0.25) is 14.4 Å². The van der Waals surface area contributed by atoms with Crippen LogP contribution in [0.2, 0.25) is 0 Å². The third-order valence-corrected chi connectivity index (χ3v) is 14.5. The Kier molecular flexibility index (Phi) is 51.1. The molecule has 0 saturated carbocycles. The molecule has 0 spiro atoms. The fourth-order valence-corrected chi connectivity index (χ4v) is 9.53. The van der Waals surface area contributed by atoms with Crippen molar-refractivity contribution >= 4 is 23.9 Å². The number of aliphatic hydroxyl groups is 2. The maximum atomic E-state index is 13.2. The van der Waals surface area contributed by atoms with Gasteiger partial charge in [0, 0.05) is 19.3 Å². The molecule has 0 bridgehead atoms. The molecule has 0 aromatic carbocycles. The van der Waals surface area contributed by atoms with Crippen molar-refractivity contribution in [3.8, 4) is 0 Å². The van der Waals surface area contributed by atoms with Gasteiger partial charge in [-0.05, 0) is 103 Å². The fourth-order valence-electron chi connectivity index (χ4n) is 9.53. The summed E-state index contributed by atoms with van der Waals surface area (Å²) in [6, 6.07) is 0. The molecule has 456 valence electrons. The number of aliphatic carboxylic acids is 1. The van der Waals surface area contributed by atoms with E-state index in [4.69, 9.17) is 23.7 Å². The molecule has 1 aliphatic heterocycles. The van der Waals surface area contributed by atoms with Crippen molar-refractivity contribution in [3.63, 3.8) is 0 Å². The van der Waals surface area contributed by atoms with Crippen molar-refractivity contribution in [1.29, 1.82) is 0 Å². The minimum atomic E-state index is -1.91. The average Bonchev–Trinajstić information content (AvgIpc) is 3.44. The lowest BCUT2D eigenvalue weighted by molar-refractivity contribution is -0.301. The monoisotopic (exact) mass is 1110 g/mol. The number of rotatable bonds is 55. The van der Waals surface area contributed by atoms with Gasteiger partial charge in [-0.25, -0.2) is 4.79 Å². The molecule has 1 aliphatic rings. The van der Waals surface area contributed by atoms with E-state index >= 15 is 0 Å². The van der Waals surface area contributed by atoms with E-state index in [2.05, 4.69) is 81.5 Å². The number of aliphatic hydroxyl groups excluding tert-OH is 2. The SMILES string of the molecule is CCCC/C=C\CCCCCCCC(=O)OC1C(OCC(COC(=O)CCCCCCCC/C=C\C/C=C\C/C=C\CCCCC)OC(=O)CCCCCCCCCCC/C=C\CCCCCCCC)OC(C(=O)O)C(O)C1O. The van der Waals surface area contributed by atoms with Crippen LogP contribution in [0.5, 0.6) is 0 Å². The highest BCUT2D eigenvalue weighted by Crippen LogP contribution is 2.27. The minimum absolute atomic E-state index is 0.0484. The number of ether oxygens (including phenoxy) is 5. The molecule has 12 heteroatoms. The van der Waals surface area contributed by atoms with Crippen LogP contribution in [-0.4, -0.2) is 89.2 Å². The number of esters is 3. The zero-order valence-corrected chi connectivity index (χ0v) is 50.4. The van der Waals surface area contributed by atoms with Crippen molar-refractivity contribution in [2.75, 3.05) is 13.2 Å². The predicted octanol–water partition coefficient (Wildman–Crippen LogP) is 17.1. The number of carbonyl (C=O) groups is 4. The Morgan fingerprint density at radius 3 is 1.23 bits per heavy atom. The first-order valence-corrected chi connectivity index (χ1v) is 32.3. The van der Waals surface area contributed by atoms with Crippen LogP contribution < -0.4 is 0 Å². The minimum Gasteiger partial charge on any atom is -0.479 e. The van der Waals surface area contributed by atoms with Gasteiger partial charge in [-0.1, -0.05) is 229 Å². The summed E-state index contributed by atoms with van der Waals surface area (Å²) in [5, 5.41) is 31.5. The molecule has 0 aromatic heterocycles. The van der Waals surface area contributed by atoms with Gasteiger partial charge in [0.15, 0.2) is 24.6 Å². The van der Waals surface area contributed by atoms with Gasteiger partial charge in [0.2, 0.25) is 0 Å². The second-order valence-corrected chi connectivity index (χ2v) is 22.0. The number of carbonyl (C=O) groups excluding carboxylic acids is 3. The summed E-state index contributed by atoms with van der Waals surface area (Å²) < 4.78 is 28.5. The number of hydrogen-bond acceptors (Lipinski definition) is 11. The first-order chi connectivity index (χ1) is 38.6. The lowest BCUT2D eigenvalue weighted by atomic mass is 9.98. The Hall–Kier alpha value is -3.58. The van der Waals surface area contributed by atoms with Crippen LogP contribution >= 0.6 is 0 Å². The molecule has 1 heterocycles. The lowest BCUT2D eigenvalue weighted by Crippen LogP contribution is -2.61. The van der Waals surface area contributed by atoms with E-state index in [0.717, 1.165) is 109 Å². The van der Waals surface area contributed by atoms with E-state index in [-0.39, 0.29) is 25.9 Å². The van der Waals surface area contributed by atoms with Gasteiger partial charge in [-0.2, -0.15) is 0 Å². The summed E-state index contributed by atoms with van der Waals surface area (Å²) >= 11 is 0. The molecule has 12 nitrogen and oxygen atoms in total. The standard InChI is InChI=1S/C67H116O12/c1-4-7-10-13-16-19-22-24-26-28-30-32-34-36-39-41-44-47-50-53-59(68)75-56-58(77-60(69)54-51-48-45-43-40-37-35-33-31-29-27-25-23-20-17-14-11-8-5-2)57-76-67-65(63(72)62(71)64(79-67)66(73)74)78-61(70)55-52-49-46-42-38-21-18-15-12-9-6-3/h15-16,18-19,24-27,30,32,58,62-65,67,71-72H,4-14,17,20-23,28-29,31,33-57H2,1-3H3,(H,73,74)/b18-15-,19-16-,26-24-,27-25-,32-30-. The summed E-state index contributed by atoms with van der Waals surface area (Å²) in [7, 11) is 0. The molecule has 0 amide bonds. The van der Waals surface area contributed by atoms with E-state index < -0.39 is 67.3 Å². The van der Waals surface area contributed by atoms with E-state index in [1.54, 1.807) is 0 Å². The second kappa shape index (κ2) is 55.0. The lowest BCUT2D eigenvalue weighted by Gasteiger charge is -2.40. The summed E-state index contributed by atoms with van der Waals surface area (Å²) in [5.41, 5.74) is 0. The van der Waals surface area contributed by atoms with Crippen LogP contribution in [0.1, 0.15) is 290 Å². The normalized spacial score (nSPS) is 18.2. The van der Waals surface area contributed by atoms with Crippen LogP contribution in [0.25, 0.3) is 0 Å². The maximum Gasteiger partial charge on any atom is 0.335 e. The highest BCUT2D eigenvalue weighted by Gasteiger charge is 2.50. The first-order valence-electron chi connectivity index (χ1n) is 32.3. The molecular weight excluding hydrogens is 997 g/mol. The van der Waals surface area contributed by atoms with E-state index in [1.165, 1.54) is 122 Å². The number of allylic oxidation sites excluding steroid dienone is 10. The molecule has 0 aromatic rings. The summed E-state index contributed by atoms with van der Waals surface area (Å²) in [4.78, 5) is 51.2. The fraction of sp³-hybridized carbons (Fsp3) is 0.791. The largest absolute Gasteiger partial charge is 0.479 e. The number of carboxylic acids is 1. The highest BCUT2D eigenvalue weighted by atomic mass is 16.7. The zero-order chi connectivity index (χ0) is 57.5. The number of carboxylic acid groups (broad SMARTS) is 1. The van der Waals surface area contributed by atoms with Crippen molar-refractivity contribution < 1.29 is 58.2 Å². The van der Waals surface area contributed by atoms with Gasteiger partial charge < -0.3 is 39.0 Å². The molecule has 6 unspecified atom stereocenters. The van der Waals surface area contributed by atoms with Crippen LogP contribution in [0, 0.1) is 0 Å². The van der Waals surface area contributed by atoms with E-state index in [0.29, 0.717) is 19.3 Å². The third kappa shape index (κ3) is 44.7. The summed E-state index contributed by atoms with van der Waals surface area (Å²) in [6.45, 7) is 5.93. The predicted molar refractivity (Wildman–Crippen MR) is 322 cm³/mol. The molecule has 0 aliphatic carbocycles. The zero-order valence-electron chi connectivity index (χ0n) is 50.4. The van der Waals surface area contributed by atoms with Crippen LogP contribution in [0.15, 0.2) is 60.8 Å². The molecule has 6 atom stereocenters. The molecule has 1 rings (SSSR count). The Morgan fingerprint density at radius 1 is 0.418 bits per heavy atom. The van der Waals surface area contributed by atoms with Gasteiger partial charge in [-0.15, -0.1) is 0 Å². The summed E-state index contributed by atoms with van der Waals surface area (Å²) in [5.74, 6) is -3.13. The highest BCUT2D eigenvalue weighted by molar-refractivity contribution is 5.74. The van der Waals surface area contributed by atoms with Crippen molar-refractivity contribution in [2.24, 2.45) is 0 Å². The van der Waals surface area contributed by atoms with Gasteiger partial charge in [0.25, 0.3) is 0 Å². The molecule has 1 saturated heterocycles. The van der Waals surface area contributed by atoms with Crippen molar-refractivity contribution in [3.05, 3.63) is 60.8 Å². The number of hydrogen-bond donors (Lipinski definition) is 3. The van der Waals surface area contributed by atoms with Crippen LogP contribution in [-0.2, 0) is 42.9 Å². The van der Waals surface area contributed by atoms with Gasteiger partial charge in [0.05, 0.1) is 6.61 Å². The molecule has 79 heavy (non-hydrogen) atoms. The van der Waals surface area contributed by atoms with Crippen LogP contribution in [0.4, 0.5) is 0 Å². The second-order valence-electron chi connectivity index (χ2n) is 22.0. The van der Waals surface area contributed by atoms with Gasteiger partial charge >= 0.3 is 23.9 Å². The Bertz CT molecular complexity index is 1600. The average molecular weight is 1110 g/mol. The Morgan fingerprint density at radius 2 is 0.772 bits per heavy atom. The molecular formula is C67H116O12. The Balaban J connectivity index is 2.65. The smallest absolute Gasteiger partial charge is 0.335 e. The van der Waals surface area contributed by atoms with Crippen LogP contribution in [0.3, 0.4) is 0 Å². The molecule has 1 fully saturated rings. The maximum absolute atomic E-state index is 13.2. The van der Waals surface area contributed by atoms with E-state index in [1.807, 2.05) is 0 Å². The van der Waals surface area contributed by atoms with Crippen molar-refractivity contribution in [2.45, 2.75) is 327 Å². The van der Waals surface area contributed by atoms with Gasteiger partial charge in [0.1, 0.15) is 18.8 Å². The quantitative estimate of drug-likeness (QED) is 0.0228. The van der Waals surface area contributed by atoms with E-state index in [9.17, 15) is 34.5 Å². The third-order valence-electron chi connectivity index (χ3n) is 14.5. The number of unbranched alkanes of at least 4 members (excludes halogenated alkanes) is 31. The molecule has 0 radical (unpaired) electrons. The Labute approximate surface area is 481 Å². The topological polar surface area (TPSA) is 175 Å².